The first kappa shape index (κ1) is 79.4. The van der Waals surface area contributed by atoms with Gasteiger partial charge in [-0.3, -0.25) is 14.2 Å². The summed E-state index contributed by atoms with van der Waals surface area (Å²) in [6.07, 6.45) is 95.5. The highest BCUT2D eigenvalue weighted by Gasteiger charge is 2.22. The maximum Gasteiger partial charge on any atom is 0.306 e. The third-order valence-electron chi connectivity index (χ3n) is 13.2. The maximum atomic E-state index is 12.9. The minimum atomic E-state index is -4.66. The van der Waals surface area contributed by atoms with Gasteiger partial charge in [0.15, 0.2) is 6.10 Å². The van der Waals surface area contributed by atoms with Gasteiger partial charge in [-0.05, 0) is 128 Å². The highest BCUT2D eigenvalue weighted by Crippen LogP contribution is 2.38. The smallest absolute Gasteiger partial charge is 0.306 e. The second kappa shape index (κ2) is 62.9. The van der Waals surface area contributed by atoms with Gasteiger partial charge in [0.1, 0.15) is 19.8 Å². The largest absolute Gasteiger partial charge is 0.756 e. The van der Waals surface area contributed by atoms with Gasteiger partial charge in [-0.25, -0.2) is 0 Å². The van der Waals surface area contributed by atoms with E-state index >= 15 is 0 Å². The number of unbranched alkanes of at least 4 members (excludes halogenated alkanes) is 16. The van der Waals surface area contributed by atoms with Crippen molar-refractivity contribution in [2.75, 3.05) is 47.5 Å². The van der Waals surface area contributed by atoms with Crippen LogP contribution in [-0.4, -0.2) is 70.0 Å². The number of ether oxygens (including phenoxy) is 2. The summed E-state index contributed by atoms with van der Waals surface area (Å²) in [6.45, 7) is 3.97. The summed E-state index contributed by atoms with van der Waals surface area (Å²) in [5.74, 6) is -0.871. The summed E-state index contributed by atoms with van der Waals surface area (Å²) >= 11 is 0. The van der Waals surface area contributed by atoms with E-state index in [1.54, 1.807) is 0 Å². The molecule has 0 heterocycles. The molecule has 0 aromatic carbocycles. The van der Waals surface area contributed by atoms with E-state index in [2.05, 4.69) is 184 Å². The molecule has 0 radical (unpaired) electrons. The second-order valence-electron chi connectivity index (χ2n) is 22.4. The number of carbonyl (C=O) groups is 2. The summed E-state index contributed by atoms with van der Waals surface area (Å²) in [5.41, 5.74) is 0. The first-order valence-corrected chi connectivity index (χ1v) is 34.3. The Morgan fingerprint density at radius 2 is 0.643 bits per heavy atom. The SMILES string of the molecule is CC/C=C\C/C=C\C/C=C\C/C=C\C/C=C\C/C=C\C/C=C\CCCCCCCCCCCCCC(=O)OC(COC(=O)CCCCCCC/C=C\C/C=C\C/C=C\C/C=C\C/C=C\C/C=C\C/C=C\CC)COP(=O)([O-])OCC[N+](C)(C)C. The third kappa shape index (κ3) is 66.5. The Morgan fingerprint density at radius 1 is 0.369 bits per heavy atom. The van der Waals surface area contributed by atoms with Crippen LogP contribution >= 0.6 is 7.82 Å². The van der Waals surface area contributed by atoms with Crippen molar-refractivity contribution in [3.63, 3.8) is 0 Å². The fourth-order valence-electron chi connectivity index (χ4n) is 8.26. The molecule has 0 amide bonds. The molecule has 2 unspecified atom stereocenters. The van der Waals surface area contributed by atoms with Crippen LogP contribution in [0.15, 0.2) is 170 Å². The van der Waals surface area contributed by atoms with Crippen molar-refractivity contribution in [2.24, 2.45) is 0 Å². The van der Waals surface area contributed by atoms with Crippen LogP contribution in [0.2, 0.25) is 0 Å². The zero-order chi connectivity index (χ0) is 61.2. The summed E-state index contributed by atoms with van der Waals surface area (Å²) < 4.78 is 34.2. The van der Waals surface area contributed by atoms with Crippen LogP contribution in [-0.2, 0) is 32.7 Å². The number of phosphoric ester groups is 1. The van der Waals surface area contributed by atoms with Gasteiger partial charge < -0.3 is 27.9 Å². The topological polar surface area (TPSA) is 111 Å². The quantitative estimate of drug-likeness (QED) is 0.0195. The Balaban J connectivity index is 4.20. The average Bonchev–Trinajstić information content (AvgIpc) is 3.61. The van der Waals surface area contributed by atoms with E-state index in [4.69, 9.17) is 18.5 Å². The minimum absolute atomic E-state index is 0.0444. The van der Waals surface area contributed by atoms with Crippen LogP contribution in [0.1, 0.15) is 232 Å². The molecule has 0 N–H and O–H groups in total. The molecule has 2 atom stereocenters. The predicted octanol–water partition coefficient (Wildman–Crippen LogP) is 20.7. The van der Waals surface area contributed by atoms with Gasteiger partial charge in [0.25, 0.3) is 7.82 Å². The van der Waals surface area contributed by atoms with E-state index in [0.717, 1.165) is 148 Å². The van der Waals surface area contributed by atoms with E-state index in [-0.39, 0.29) is 26.1 Å². The van der Waals surface area contributed by atoms with E-state index < -0.39 is 32.5 Å². The van der Waals surface area contributed by atoms with Crippen LogP contribution in [0.3, 0.4) is 0 Å². The number of phosphoric acid groups is 1. The Bertz CT molecular complexity index is 2020. The second-order valence-corrected chi connectivity index (χ2v) is 23.8. The summed E-state index contributed by atoms with van der Waals surface area (Å²) in [7, 11) is 1.13. The molecule has 0 rings (SSSR count). The number of likely N-dealkylation sites (N-methyl/N-ethyl adjacent to an activating group) is 1. The van der Waals surface area contributed by atoms with Crippen molar-refractivity contribution < 1.29 is 42.1 Å². The number of allylic oxidation sites excluding steroid dienone is 28. The number of quaternary nitrogens is 1. The summed E-state index contributed by atoms with van der Waals surface area (Å²) in [6, 6.07) is 0. The minimum Gasteiger partial charge on any atom is -0.756 e. The lowest BCUT2D eigenvalue weighted by Crippen LogP contribution is -2.37. The Kier molecular flexibility index (Phi) is 59.4. The molecule has 84 heavy (non-hydrogen) atoms. The molecular formula is C74H120NO8P. The van der Waals surface area contributed by atoms with Crippen LogP contribution < -0.4 is 4.89 Å². The molecule has 9 nitrogen and oxygen atoms in total. The van der Waals surface area contributed by atoms with E-state index in [9.17, 15) is 19.0 Å². The van der Waals surface area contributed by atoms with Crippen molar-refractivity contribution in [1.29, 1.82) is 0 Å². The van der Waals surface area contributed by atoms with Crippen molar-refractivity contribution in [3.8, 4) is 0 Å². The first-order valence-electron chi connectivity index (χ1n) is 32.8. The standard InChI is InChI=1S/C74H120NO8P/c1-6-8-10-12-14-16-18-20-22-24-26-28-30-32-34-35-36-37-38-39-41-43-45-47-49-51-53-55-57-59-61-63-65-67-74(77)83-72(71-82-84(78,79)81-69-68-75(3,4)5)70-80-73(76)66-64-62-60-58-56-54-52-50-48-46-44-42-40-33-31-29-27-25-23-21-19-17-15-13-11-9-7-2/h8-11,14-17,20-23,26-29,32-34,36-37,39-41,44,46,50,52,72H,6-7,12-13,18-19,24-25,30-31,35,38,42-43,45,47-49,51,53-71H2,1-5H3/b10-8-,11-9-,16-14-,17-15-,22-20-,23-21-,28-26-,29-27-,34-32-,37-36-,40-33-,41-39-,46-44-,52-50-. The van der Waals surface area contributed by atoms with Gasteiger partial charge in [0, 0.05) is 12.8 Å². The molecule has 474 valence electrons. The molecule has 10 heteroatoms. The molecule has 0 aliphatic heterocycles. The van der Waals surface area contributed by atoms with Crippen molar-refractivity contribution in [2.45, 2.75) is 238 Å². The zero-order valence-electron chi connectivity index (χ0n) is 53.8. The number of nitrogens with zero attached hydrogens (tertiary/aromatic N) is 1. The lowest BCUT2D eigenvalue weighted by atomic mass is 10.0. The number of hydrogen-bond acceptors (Lipinski definition) is 8. The molecular weight excluding hydrogens is 1060 g/mol. The summed E-state index contributed by atoms with van der Waals surface area (Å²) in [4.78, 5) is 38.0. The van der Waals surface area contributed by atoms with Gasteiger partial charge in [-0.2, -0.15) is 0 Å². The number of hydrogen-bond donors (Lipinski definition) is 0. The van der Waals surface area contributed by atoms with Gasteiger partial charge in [-0.1, -0.05) is 261 Å². The van der Waals surface area contributed by atoms with Crippen molar-refractivity contribution in [1.82, 2.24) is 0 Å². The van der Waals surface area contributed by atoms with Crippen molar-refractivity contribution in [3.05, 3.63) is 170 Å². The van der Waals surface area contributed by atoms with E-state index in [1.807, 2.05) is 21.1 Å². The number of carbonyl (C=O) groups excluding carboxylic acids is 2. The summed E-state index contributed by atoms with van der Waals surface area (Å²) in [5, 5.41) is 0. The monoisotopic (exact) mass is 1180 g/mol. The highest BCUT2D eigenvalue weighted by atomic mass is 31.2. The van der Waals surface area contributed by atoms with E-state index in [0.29, 0.717) is 23.9 Å². The molecule has 0 spiro atoms. The lowest BCUT2D eigenvalue weighted by Gasteiger charge is -2.28. The molecule has 0 bridgehead atoms. The first-order chi connectivity index (χ1) is 41.0. The number of esters is 2. The maximum absolute atomic E-state index is 12.9. The van der Waals surface area contributed by atoms with Gasteiger partial charge in [0.05, 0.1) is 27.7 Å². The van der Waals surface area contributed by atoms with Gasteiger partial charge in [0.2, 0.25) is 0 Å². The predicted molar refractivity (Wildman–Crippen MR) is 360 cm³/mol. The third-order valence-corrected chi connectivity index (χ3v) is 14.2. The van der Waals surface area contributed by atoms with Crippen LogP contribution in [0.5, 0.6) is 0 Å². The van der Waals surface area contributed by atoms with Gasteiger partial charge in [-0.15, -0.1) is 0 Å². The Morgan fingerprint density at radius 3 is 0.952 bits per heavy atom. The van der Waals surface area contributed by atoms with Crippen LogP contribution in [0.4, 0.5) is 0 Å². The fourth-order valence-corrected chi connectivity index (χ4v) is 8.99. The molecule has 0 fully saturated rings. The average molecular weight is 1180 g/mol. The zero-order valence-corrected chi connectivity index (χ0v) is 54.7. The molecule has 0 aromatic rings. The molecule has 0 aliphatic carbocycles. The van der Waals surface area contributed by atoms with Crippen LogP contribution in [0, 0.1) is 0 Å². The number of rotatable bonds is 58. The Hall–Kier alpha value is -4.63. The highest BCUT2D eigenvalue weighted by molar-refractivity contribution is 7.45. The van der Waals surface area contributed by atoms with E-state index in [1.165, 1.54) is 44.9 Å². The lowest BCUT2D eigenvalue weighted by molar-refractivity contribution is -0.870. The molecule has 0 aromatic heterocycles. The van der Waals surface area contributed by atoms with Crippen molar-refractivity contribution >= 4 is 19.8 Å². The fraction of sp³-hybridized carbons (Fsp3) is 0.595. The normalized spacial score (nSPS) is 14.3. The van der Waals surface area contributed by atoms with Crippen LogP contribution in [0.25, 0.3) is 0 Å². The molecule has 0 saturated heterocycles. The molecule has 0 saturated carbocycles. The molecule has 0 aliphatic rings. The van der Waals surface area contributed by atoms with Gasteiger partial charge >= 0.3 is 11.9 Å². The Labute approximate surface area is 515 Å².